The van der Waals surface area contributed by atoms with Crippen molar-refractivity contribution in [2.24, 2.45) is 5.92 Å². The summed E-state index contributed by atoms with van der Waals surface area (Å²) >= 11 is 1.61. The van der Waals surface area contributed by atoms with Gasteiger partial charge in [0.15, 0.2) is 5.82 Å². The highest BCUT2D eigenvalue weighted by Crippen LogP contribution is 2.28. The fourth-order valence-electron chi connectivity index (χ4n) is 3.58. The monoisotopic (exact) mass is 434 g/mol. The van der Waals surface area contributed by atoms with Gasteiger partial charge >= 0.3 is 0 Å². The summed E-state index contributed by atoms with van der Waals surface area (Å²) in [6.45, 7) is 3.65. The summed E-state index contributed by atoms with van der Waals surface area (Å²) in [5.74, 6) is 1.64. The van der Waals surface area contributed by atoms with Crippen molar-refractivity contribution in [1.82, 2.24) is 10.2 Å². The maximum absolute atomic E-state index is 12.6. The molecule has 4 rings (SSSR count). The van der Waals surface area contributed by atoms with Gasteiger partial charge in [-0.25, -0.2) is 0 Å². The number of carbonyl (C=O) groups excluding carboxylic acids is 1. The van der Waals surface area contributed by atoms with Crippen molar-refractivity contribution in [1.29, 1.82) is 0 Å². The van der Waals surface area contributed by atoms with Crippen LogP contribution in [0.5, 0.6) is 5.75 Å². The van der Waals surface area contributed by atoms with Crippen molar-refractivity contribution in [2.45, 2.75) is 29.7 Å². The smallest absolute Gasteiger partial charge is 0.227 e. The minimum Gasteiger partial charge on any atom is -0.497 e. The van der Waals surface area contributed by atoms with Crippen molar-refractivity contribution in [3.63, 3.8) is 0 Å². The van der Waals surface area contributed by atoms with Gasteiger partial charge in [-0.05, 0) is 56.2 Å². The van der Waals surface area contributed by atoms with Crippen LogP contribution >= 0.6 is 11.8 Å². The summed E-state index contributed by atoms with van der Waals surface area (Å²) in [6, 6.07) is 19.8. The molecule has 0 atom stereocenters. The molecule has 31 heavy (non-hydrogen) atoms. The first-order valence-electron chi connectivity index (χ1n) is 10.4. The van der Waals surface area contributed by atoms with E-state index >= 15 is 0 Å². The average molecular weight is 435 g/mol. The number of nitrogens with zero attached hydrogens (tertiary/aromatic N) is 3. The van der Waals surface area contributed by atoms with Gasteiger partial charge in [0.2, 0.25) is 5.91 Å². The lowest BCUT2D eigenvalue weighted by Crippen LogP contribution is -2.38. The molecule has 1 aliphatic heterocycles. The van der Waals surface area contributed by atoms with Gasteiger partial charge in [0, 0.05) is 35.7 Å². The molecule has 0 radical (unpaired) electrons. The molecule has 1 aliphatic rings. The minimum atomic E-state index is -0.00761. The number of aryl methyl sites for hydroxylation is 1. The summed E-state index contributed by atoms with van der Waals surface area (Å²) < 4.78 is 5.22. The van der Waals surface area contributed by atoms with Gasteiger partial charge in [-0.2, -0.15) is 0 Å². The van der Waals surface area contributed by atoms with E-state index in [-0.39, 0.29) is 11.8 Å². The minimum absolute atomic E-state index is 0.00761. The van der Waals surface area contributed by atoms with Gasteiger partial charge in [0.05, 0.1) is 7.11 Å². The van der Waals surface area contributed by atoms with Gasteiger partial charge in [-0.15, -0.1) is 10.2 Å². The van der Waals surface area contributed by atoms with Gasteiger partial charge in [0.25, 0.3) is 0 Å². The van der Waals surface area contributed by atoms with Gasteiger partial charge in [-0.1, -0.05) is 35.5 Å². The fraction of sp³-hybridized carbons (Fsp3) is 0.292. The molecule has 1 saturated heterocycles. The molecule has 0 spiro atoms. The second-order valence-corrected chi connectivity index (χ2v) is 8.72. The SMILES string of the molecule is COc1cccc(NC(=O)C2CCN(c3ccc(Sc4ccc(C)cc4)nn3)CC2)c1. The predicted octanol–water partition coefficient (Wildman–Crippen LogP) is 4.80. The molecule has 0 aliphatic carbocycles. The molecule has 7 heteroatoms. The number of amides is 1. The Balaban J connectivity index is 1.29. The lowest BCUT2D eigenvalue weighted by molar-refractivity contribution is -0.120. The number of aromatic nitrogens is 2. The summed E-state index contributed by atoms with van der Waals surface area (Å²) in [6.07, 6.45) is 1.58. The Morgan fingerprint density at radius 3 is 2.52 bits per heavy atom. The molecule has 1 amide bonds. The lowest BCUT2D eigenvalue weighted by Gasteiger charge is -2.31. The van der Waals surface area contributed by atoms with Crippen molar-refractivity contribution in [3.8, 4) is 5.75 Å². The van der Waals surface area contributed by atoms with Crippen LogP contribution in [-0.2, 0) is 4.79 Å². The number of anilines is 2. The zero-order valence-corrected chi connectivity index (χ0v) is 18.6. The third kappa shape index (κ3) is 5.55. The normalized spacial score (nSPS) is 14.3. The second kappa shape index (κ2) is 9.83. The van der Waals surface area contributed by atoms with Gasteiger partial charge in [-0.3, -0.25) is 4.79 Å². The topological polar surface area (TPSA) is 67.3 Å². The van der Waals surface area contributed by atoms with Crippen LogP contribution in [0.4, 0.5) is 11.5 Å². The van der Waals surface area contributed by atoms with Crippen LogP contribution < -0.4 is 15.0 Å². The van der Waals surface area contributed by atoms with Gasteiger partial charge < -0.3 is 15.0 Å². The second-order valence-electron chi connectivity index (χ2n) is 7.63. The van der Waals surface area contributed by atoms with E-state index in [1.807, 2.05) is 36.4 Å². The fourth-order valence-corrected chi connectivity index (χ4v) is 4.31. The van der Waals surface area contributed by atoms with Crippen molar-refractivity contribution in [2.75, 3.05) is 30.4 Å². The zero-order valence-electron chi connectivity index (χ0n) is 17.7. The van der Waals surface area contributed by atoms with E-state index in [2.05, 4.69) is 51.6 Å². The molecule has 1 aromatic heterocycles. The zero-order chi connectivity index (χ0) is 21.6. The van der Waals surface area contributed by atoms with E-state index in [1.165, 1.54) is 5.56 Å². The summed E-state index contributed by atoms with van der Waals surface area (Å²) in [5, 5.41) is 12.7. The largest absolute Gasteiger partial charge is 0.497 e. The number of rotatable bonds is 6. The number of ether oxygens (including phenoxy) is 1. The highest BCUT2D eigenvalue weighted by Gasteiger charge is 2.26. The van der Waals surface area contributed by atoms with Crippen LogP contribution in [0.2, 0.25) is 0 Å². The van der Waals surface area contributed by atoms with E-state index in [4.69, 9.17) is 4.74 Å². The number of methoxy groups -OCH3 is 1. The molecule has 1 fully saturated rings. The van der Waals surface area contributed by atoms with Gasteiger partial charge in [0.1, 0.15) is 10.8 Å². The maximum atomic E-state index is 12.6. The van der Waals surface area contributed by atoms with E-state index < -0.39 is 0 Å². The van der Waals surface area contributed by atoms with E-state index in [1.54, 1.807) is 18.9 Å². The number of hydrogen-bond acceptors (Lipinski definition) is 6. The number of piperidine rings is 1. The highest BCUT2D eigenvalue weighted by atomic mass is 32.2. The molecule has 3 aromatic rings. The van der Waals surface area contributed by atoms with Crippen LogP contribution in [0, 0.1) is 12.8 Å². The molecule has 2 aromatic carbocycles. The molecule has 0 unspecified atom stereocenters. The Morgan fingerprint density at radius 1 is 1.06 bits per heavy atom. The van der Waals surface area contributed by atoms with E-state index in [0.717, 1.165) is 53.1 Å². The Hall–Kier alpha value is -3.06. The van der Waals surface area contributed by atoms with Crippen LogP contribution in [0.3, 0.4) is 0 Å². The van der Waals surface area contributed by atoms with Crippen LogP contribution in [0.25, 0.3) is 0 Å². The Labute approximate surface area is 187 Å². The summed E-state index contributed by atoms with van der Waals surface area (Å²) in [7, 11) is 1.62. The first-order valence-corrected chi connectivity index (χ1v) is 11.2. The molecular formula is C24H26N4O2S. The third-order valence-electron chi connectivity index (χ3n) is 5.40. The Morgan fingerprint density at radius 2 is 1.84 bits per heavy atom. The predicted molar refractivity (Wildman–Crippen MR) is 124 cm³/mol. The number of carbonyl (C=O) groups is 1. The molecule has 0 bridgehead atoms. The van der Waals surface area contributed by atoms with E-state index in [9.17, 15) is 4.79 Å². The standard InChI is InChI=1S/C24H26N4O2S/c1-17-6-8-21(9-7-17)31-23-11-10-22(26-27-23)28-14-12-18(13-15-28)24(29)25-19-4-3-5-20(16-19)30-2/h3-11,16,18H,12-15H2,1-2H3,(H,25,29). The third-order valence-corrected chi connectivity index (χ3v) is 6.33. The maximum Gasteiger partial charge on any atom is 0.227 e. The quantitative estimate of drug-likeness (QED) is 0.601. The Bertz CT molecular complexity index is 1020. The molecule has 160 valence electrons. The van der Waals surface area contributed by atoms with Crippen molar-refractivity contribution in [3.05, 3.63) is 66.2 Å². The molecular weight excluding hydrogens is 408 g/mol. The highest BCUT2D eigenvalue weighted by molar-refractivity contribution is 7.99. The summed E-state index contributed by atoms with van der Waals surface area (Å²) in [4.78, 5) is 16.0. The van der Waals surface area contributed by atoms with Crippen LogP contribution in [0.15, 0.2) is 70.6 Å². The van der Waals surface area contributed by atoms with E-state index in [0.29, 0.717) is 0 Å². The number of hydrogen-bond donors (Lipinski definition) is 1. The number of benzene rings is 2. The summed E-state index contributed by atoms with van der Waals surface area (Å²) in [5.41, 5.74) is 2.01. The van der Waals surface area contributed by atoms with Crippen molar-refractivity contribution >= 4 is 29.2 Å². The van der Waals surface area contributed by atoms with Crippen LogP contribution in [-0.4, -0.2) is 36.3 Å². The molecule has 6 nitrogen and oxygen atoms in total. The molecule has 1 N–H and O–H groups in total. The average Bonchev–Trinajstić information content (AvgIpc) is 2.81. The Kier molecular flexibility index (Phi) is 6.72. The van der Waals surface area contributed by atoms with Crippen molar-refractivity contribution < 1.29 is 9.53 Å². The lowest BCUT2D eigenvalue weighted by atomic mass is 9.96. The number of nitrogens with one attached hydrogen (secondary N) is 1. The first kappa shape index (κ1) is 21.2. The molecule has 2 heterocycles. The first-order chi connectivity index (χ1) is 15.1. The molecule has 0 saturated carbocycles. The van der Waals surface area contributed by atoms with Crippen LogP contribution in [0.1, 0.15) is 18.4 Å².